The molecule has 1 aliphatic rings. The summed E-state index contributed by atoms with van der Waals surface area (Å²) < 4.78 is 0. The van der Waals surface area contributed by atoms with E-state index < -0.39 is 0 Å². The van der Waals surface area contributed by atoms with E-state index >= 15 is 0 Å². The molecule has 1 fully saturated rings. The van der Waals surface area contributed by atoms with Gasteiger partial charge in [-0.1, -0.05) is 67.2 Å². The normalized spacial score (nSPS) is 17.1. The van der Waals surface area contributed by atoms with Crippen LogP contribution in [-0.4, -0.2) is 39.9 Å². The summed E-state index contributed by atoms with van der Waals surface area (Å²) in [6.45, 7) is 7.76. The Morgan fingerprint density at radius 2 is 1.79 bits per heavy atom. The Kier molecular flexibility index (Phi) is 5.13. The number of hydrogen-bond donors (Lipinski definition) is 2. The molecule has 0 aliphatic carbocycles. The predicted molar refractivity (Wildman–Crippen MR) is 116 cm³/mol. The van der Waals surface area contributed by atoms with Crippen molar-refractivity contribution in [3.05, 3.63) is 84.4 Å². The Hall–Kier alpha value is -3.11. The van der Waals surface area contributed by atoms with Crippen LogP contribution in [0, 0.1) is 0 Å². The topological polar surface area (TPSA) is 51.6 Å². The highest BCUT2D eigenvalue weighted by Gasteiger charge is 2.24. The molecule has 4 nitrogen and oxygen atoms in total. The Balaban J connectivity index is 1.75. The van der Waals surface area contributed by atoms with Gasteiger partial charge in [0.2, 0.25) is 0 Å². The number of H-pyrrole nitrogens is 1. The largest absolute Gasteiger partial charge is 0.391 e. The lowest BCUT2D eigenvalue weighted by Crippen LogP contribution is -2.19. The number of aliphatic hydroxyl groups excluding tert-OH is 1. The van der Waals surface area contributed by atoms with E-state index in [-0.39, 0.29) is 6.10 Å². The summed E-state index contributed by atoms with van der Waals surface area (Å²) in [7, 11) is 0. The third-order valence-corrected chi connectivity index (χ3v) is 5.21. The maximum absolute atomic E-state index is 9.92. The number of aliphatic imine (C=N–C) groups is 1. The van der Waals surface area contributed by atoms with Crippen LogP contribution in [0.5, 0.6) is 0 Å². The predicted octanol–water partition coefficient (Wildman–Crippen LogP) is 4.86. The maximum Gasteiger partial charge on any atom is 0.140 e. The molecular weight excluding hydrogens is 346 g/mol. The number of nitrogens with one attached hydrogen (secondary N) is 1. The molecule has 0 saturated carbocycles. The van der Waals surface area contributed by atoms with Gasteiger partial charge < -0.3 is 15.0 Å². The molecule has 28 heavy (non-hydrogen) atoms. The minimum atomic E-state index is -0.290. The molecule has 2 heterocycles. The molecule has 4 rings (SSSR count). The summed E-state index contributed by atoms with van der Waals surface area (Å²) in [5.41, 5.74) is 6.02. The molecule has 1 unspecified atom stereocenters. The zero-order chi connectivity index (χ0) is 19.5. The minimum Gasteiger partial charge on any atom is -0.391 e. The number of hydrogen-bond acceptors (Lipinski definition) is 3. The number of aromatic nitrogens is 1. The van der Waals surface area contributed by atoms with E-state index in [0.717, 1.165) is 52.6 Å². The van der Waals surface area contributed by atoms with Gasteiger partial charge in [-0.15, -0.1) is 0 Å². The Bertz CT molecular complexity index is 989. The van der Waals surface area contributed by atoms with E-state index in [1.54, 1.807) is 0 Å². The molecule has 0 radical (unpaired) electrons. The highest BCUT2D eigenvalue weighted by atomic mass is 16.3. The molecular formula is C24H25N3O. The van der Waals surface area contributed by atoms with Crippen molar-refractivity contribution in [2.24, 2.45) is 4.99 Å². The highest BCUT2D eigenvalue weighted by Crippen LogP contribution is 2.34. The number of rotatable bonds is 5. The van der Waals surface area contributed by atoms with Crippen LogP contribution in [0.25, 0.3) is 17.0 Å². The number of aromatic amines is 1. The SMILES string of the molecule is C=C(c1cc(-c2ccccc2)[nH]c1/N=C(\C)c1ccccc1)N1CCC(O)C1. The van der Waals surface area contributed by atoms with Crippen molar-refractivity contribution in [1.29, 1.82) is 0 Å². The van der Waals surface area contributed by atoms with Gasteiger partial charge in [-0.2, -0.15) is 0 Å². The molecule has 0 bridgehead atoms. The fourth-order valence-corrected chi connectivity index (χ4v) is 3.59. The first-order chi connectivity index (χ1) is 13.6. The molecule has 1 saturated heterocycles. The van der Waals surface area contributed by atoms with Crippen molar-refractivity contribution in [3.8, 4) is 11.3 Å². The molecule has 1 atom stereocenters. The van der Waals surface area contributed by atoms with Crippen LogP contribution in [0.4, 0.5) is 5.82 Å². The molecule has 0 amide bonds. The zero-order valence-electron chi connectivity index (χ0n) is 16.1. The maximum atomic E-state index is 9.92. The van der Waals surface area contributed by atoms with Crippen LogP contribution in [0.1, 0.15) is 24.5 Å². The minimum absolute atomic E-state index is 0.290. The second kappa shape index (κ2) is 7.87. The summed E-state index contributed by atoms with van der Waals surface area (Å²) in [4.78, 5) is 10.5. The lowest BCUT2D eigenvalue weighted by molar-refractivity contribution is 0.187. The van der Waals surface area contributed by atoms with Crippen LogP contribution >= 0.6 is 0 Å². The molecule has 2 N–H and O–H groups in total. The van der Waals surface area contributed by atoms with Gasteiger partial charge in [0.1, 0.15) is 5.82 Å². The molecule has 3 aromatic rings. The third-order valence-electron chi connectivity index (χ3n) is 5.21. The average Bonchev–Trinajstić information content (AvgIpc) is 3.35. The highest BCUT2D eigenvalue weighted by molar-refractivity contribution is 6.00. The van der Waals surface area contributed by atoms with Crippen molar-refractivity contribution in [2.45, 2.75) is 19.4 Å². The van der Waals surface area contributed by atoms with Gasteiger partial charge in [0, 0.05) is 35.8 Å². The monoisotopic (exact) mass is 371 g/mol. The zero-order valence-corrected chi connectivity index (χ0v) is 16.1. The number of likely N-dealkylation sites (tertiary alicyclic amines) is 1. The Morgan fingerprint density at radius 1 is 1.11 bits per heavy atom. The van der Waals surface area contributed by atoms with E-state index in [2.05, 4.69) is 46.8 Å². The van der Waals surface area contributed by atoms with E-state index in [1.165, 1.54) is 0 Å². The van der Waals surface area contributed by atoms with Gasteiger partial charge in [0.25, 0.3) is 0 Å². The fourth-order valence-electron chi connectivity index (χ4n) is 3.59. The summed E-state index contributed by atoms with van der Waals surface area (Å²) in [5, 5.41) is 9.92. The standard InChI is InChI=1S/C24H25N3O/c1-17(19-9-5-3-6-10-19)25-24-22(18(2)27-14-13-21(28)16-27)15-23(26-24)20-11-7-4-8-12-20/h3-12,15,21,26,28H,2,13-14,16H2,1H3/b25-17+. The quantitative estimate of drug-likeness (QED) is 0.629. The van der Waals surface area contributed by atoms with Crippen LogP contribution in [0.2, 0.25) is 0 Å². The third kappa shape index (κ3) is 3.78. The van der Waals surface area contributed by atoms with Gasteiger partial charge in [0.05, 0.1) is 6.10 Å². The number of aliphatic hydroxyl groups is 1. The van der Waals surface area contributed by atoms with Crippen molar-refractivity contribution in [1.82, 2.24) is 9.88 Å². The van der Waals surface area contributed by atoms with E-state index in [1.807, 2.05) is 43.3 Å². The fraction of sp³-hybridized carbons (Fsp3) is 0.208. The second-order valence-electron chi connectivity index (χ2n) is 7.21. The van der Waals surface area contributed by atoms with Crippen molar-refractivity contribution in [2.75, 3.05) is 13.1 Å². The van der Waals surface area contributed by atoms with Crippen molar-refractivity contribution < 1.29 is 5.11 Å². The Labute approximate surface area is 165 Å². The summed E-state index contributed by atoms with van der Waals surface area (Å²) in [6, 6.07) is 22.5. The van der Waals surface area contributed by atoms with Crippen molar-refractivity contribution >= 4 is 17.2 Å². The van der Waals surface area contributed by atoms with E-state index in [0.29, 0.717) is 6.54 Å². The molecule has 2 aromatic carbocycles. The lowest BCUT2D eigenvalue weighted by Gasteiger charge is -2.20. The smallest absolute Gasteiger partial charge is 0.140 e. The first-order valence-electron chi connectivity index (χ1n) is 9.63. The number of benzene rings is 2. The molecule has 0 spiro atoms. The van der Waals surface area contributed by atoms with Gasteiger partial charge >= 0.3 is 0 Å². The van der Waals surface area contributed by atoms with E-state index in [4.69, 9.17) is 4.99 Å². The van der Waals surface area contributed by atoms with Gasteiger partial charge in [-0.25, -0.2) is 4.99 Å². The number of nitrogens with zero attached hydrogens (tertiary/aromatic N) is 2. The average molecular weight is 371 g/mol. The van der Waals surface area contributed by atoms with Crippen molar-refractivity contribution in [3.63, 3.8) is 0 Å². The first kappa shape index (κ1) is 18.3. The number of β-amino-alcohol motifs (C(OH)–C–C–N with tert-alkyl or cyclic N) is 1. The van der Waals surface area contributed by atoms with E-state index in [9.17, 15) is 5.11 Å². The summed E-state index contributed by atoms with van der Waals surface area (Å²) in [6.07, 6.45) is 0.485. The molecule has 142 valence electrons. The molecule has 4 heteroatoms. The van der Waals surface area contributed by atoms with Crippen LogP contribution in [-0.2, 0) is 0 Å². The van der Waals surface area contributed by atoms with Crippen LogP contribution in [0.15, 0.2) is 78.3 Å². The van der Waals surface area contributed by atoms with Gasteiger partial charge in [-0.3, -0.25) is 0 Å². The van der Waals surface area contributed by atoms with Gasteiger partial charge in [0.15, 0.2) is 0 Å². The van der Waals surface area contributed by atoms with Crippen LogP contribution < -0.4 is 0 Å². The van der Waals surface area contributed by atoms with Crippen LogP contribution in [0.3, 0.4) is 0 Å². The summed E-state index contributed by atoms with van der Waals surface area (Å²) >= 11 is 0. The first-order valence-corrected chi connectivity index (χ1v) is 9.63. The molecule has 1 aromatic heterocycles. The Morgan fingerprint density at radius 3 is 2.43 bits per heavy atom. The summed E-state index contributed by atoms with van der Waals surface area (Å²) in [5.74, 6) is 0.798. The molecule has 1 aliphatic heterocycles. The van der Waals surface area contributed by atoms with Gasteiger partial charge in [-0.05, 0) is 30.5 Å². The second-order valence-corrected chi connectivity index (χ2v) is 7.21. The lowest BCUT2D eigenvalue weighted by atomic mass is 10.1.